The van der Waals surface area contributed by atoms with Crippen molar-refractivity contribution in [2.45, 2.75) is 39.3 Å². The Morgan fingerprint density at radius 2 is 2.00 bits per heavy atom. The van der Waals surface area contributed by atoms with Gasteiger partial charge in [0.15, 0.2) is 11.8 Å². The number of aryl methyl sites for hydroxylation is 1. The van der Waals surface area contributed by atoms with Gasteiger partial charge < -0.3 is 0 Å². The number of fused-ring (bicyclic) bond motifs is 3. The Kier molecular flexibility index (Phi) is 3.96. The number of allylic oxidation sites excluding steroid dienone is 4. The fourth-order valence-corrected chi connectivity index (χ4v) is 3.72. The van der Waals surface area contributed by atoms with E-state index in [0.29, 0.717) is 0 Å². The molecule has 0 saturated carbocycles. The molecule has 1 aromatic carbocycles. The van der Waals surface area contributed by atoms with Crippen molar-refractivity contribution in [3.8, 4) is 0 Å². The van der Waals surface area contributed by atoms with E-state index in [1.54, 1.807) is 0 Å². The van der Waals surface area contributed by atoms with Crippen LogP contribution in [-0.2, 0) is 19.4 Å². The number of benzene rings is 1. The monoisotopic (exact) mass is 332 g/mol. The van der Waals surface area contributed by atoms with Crippen LogP contribution >= 0.6 is 0 Å². The molecule has 25 heavy (non-hydrogen) atoms. The highest BCUT2D eigenvalue weighted by atomic mass is 16.1. The fourth-order valence-electron chi connectivity index (χ4n) is 3.72. The van der Waals surface area contributed by atoms with Gasteiger partial charge in [0.2, 0.25) is 0 Å². The molecule has 0 fully saturated rings. The molecule has 0 spiro atoms. The van der Waals surface area contributed by atoms with E-state index in [9.17, 15) is 4.79 Å². The van der Waals surface area contributed by atoms with Crippen molar-refractivity contribution >= 4 is 11.7 Å². The van der Waals surface area contributed by atoms with Crippen LogP contribution in [0, 0.1) is 6.92 Å². The van der Waals surface area contributed by atoms with Crippen LogP contribution in [0.4, 0.5) is 5.95 Å². The molecule has 1 aliphatic heterocycles. The van der Waals surface area contributed by atoms with Gasteiger partial charge in [-0.1, -0.05) is 54.4 Å². The van der Waals surface area contributed by atoms with Gasteiger partial charge in [-0.3, -0.25) is 4.79 Å². The minimum Gasteiger partial charge on any atom is -0.250 e. The maximum absolute atomic E-state index is 13.0. The van der Waals surface area contributed by atoms with Gasteiger partial charge in [0.1, 0.15) is 0 Å². The summed E-state index contributed by atoms with van der Waals surface area (Å²) in [7, 11) is 0. The number of aliphatic imine (C=N–C) groups is 1. The fraction of sp³-hybridized carbons (Fsp3) is 0.286. The number of aromatic nitrogens is 2. The molecule has 0 saturated heterocycles. The molecule has 0 amide bonds. The third kappa shape index (κ3) is 2.58. The number of hydrogen-bond acceptors (Lipinski definition) is 2. The molecular formula is C21H22N3O+. The minimum atomic E-state index is -0.0682. The van der Waals surface area contributed by atoms with Gasteiger partial charge in [-0.25, -0.2) is 4.57 Å². The van der Waals surface area contributed by atoms with Crippen molar-refractivity contribution in [3.05, 3.63) is 81.8 Å². The minimum absolute atomic E-state index is 0.0682. The van der Waals surface area contributed by atoms with Gasteiger partial charge in [0.25, 0.3) is 0 Å². The van der Waals surface area contributed by atoms with Gasteiger partial charge in [-0.15, -0.1) is 0 Å². The second-order valence-electron chi connectivity index (χ2n) is 6.51. The van der Waals surface area contributed by atoms with Crippen LogP contribution in [-0.4, -0.2) is 10.3 Å². The summed E-state index contributed by atoms with van der Waals surface area (Å²) in [4.78, 5) is 17.8. The van der Waals surface area contributed by atoms with Crippen LogP contribution in [0.2, 0.25) is 0 Å². The molecule has 1 atom stereocenters. The molecule has 126 valence electrons. The molecule has 2 heterocycles. The quantitative estimate of drug-likeness (QED) is 0.793. The Morgan fingerprint density at radius 1 is 1.20 bits per heavy atom. The molecule has 2 aromatic rings. The molecule has 4 rings (SSSR count). The molecule has 1 unspecified atom stereocenters. The van der Waals surface area contributed by atoms with Gasteiger partial charge in [0.05, 0.1) is 17.8 Å². The van der Waals surface area contributed by atoms with E-state index >= 15 is 0 Å². The van der Waals surface area contributed by atoms with Crippen molar-refractivity contribution in [2.24, 2.45) is 4.99 Å². The van der Waals surface area contributed by atoms with Crippen LogP contribution < -0.4 is 10.1 Å². The van der Waals surface area contributed by atoms with Crippen LogP contribution in [0.5, 0.6) is 0 Å². The van der Waals surface area contributed by atoms with Crippen molar-refractivity contribution < 1.29 is 4.57 Å². The predicted molar refractivity (Wildman–Crippen MR) is 99.6 cm³/mol. The average molecular weight is 332 g/mol. The second-order valence-corrected chi connectivity index (χ2v) is 6.51. The van der Waals surface area contributed by atoms with E-state index in [4.69, 9.17) is 4.99 Å². The van der Waals surface area contributed by atoms with Gasteiger partial charge in [-0.05, 0) is 31.1 Å². The Bertz CT molecular complexity index is 965. The SMILES string of the molecule is CCc1c(C)[n+](CCc2ccccc2)c2n(c1=O)C1C=CC=CC1=N2. The highest BCUT2D eigenvalue weighted by molar-refractivity contribution is 6.03. The molecule has 0 radical (unpaired) electrons. The second kappa shape index (κ2) is 6.28. The lowest BCUT2D eigenvalue weighted by atomic mass is 10.1. The van der Waals surface area contributed by atoms with Crippen LogP contribution in [0.3, 0.4) is 0 Å². The normalized spacial score (nSPS) is 17.4. The zero-order chi connectivity index (χ0) is 17.4. The number of rotatable bonds is 4. The Morgan fingerprint density at radius 3 is 2.76 bits per heavy atom. The molecule has 4 heteroatoms. The van der Waals surface area contributed by atoms with E-state index in [0.717, 1.165) is 42.3 Å². The highest BCUT2D eigenvalue weighted by Gasteiger charge is 2.38. The first-order valence-electron chi connectivity index (χ1n) is 8.86. The summed E-state index contributed by atoms with van der Waals surface area (Å²) in [5.41, 5.74) is 4.25. The average Bonchev–Trinajstić information content (AvgIpc) is 3.02. The molecule has 0 bridgehead atoms. The van der Waals surface area contributed by atoms with E-state index in [1.807, 2.05) is 48.8 Å². The van der Waals surface area contributed by atoms with Gasteiger partial charge >= 0.3 is 11.5 Å². The zero-order valence-corrected chi connectivity index (χ0v) is 14.6. The van der Waals surface area contributed by atoms with Crippen molar-refractivity contribution in [3.63, 3.8) is 0 Å². The smallest absolute Gasteiger partial charge is 0.250 e. The summed E-state index contributed by atoms with van der Waals surface area (Å²) in [6.07, 6.45) is 9.67. The Labute approximate surface area is 147 Å². The lowest BCUT2D eigenvalue weighted by Gasteiger charge is -2.14. The number of nitrogens with zero attached hydrogens (tertiary/aromatic N) is 3. The van der Waals surface area contributed by atoms with E-state index < -0.39 is 0 Å². The summed E-state index contributed by atoms with van der Waals surface area (Å²) in [5, 5.41) is 0. The standard InChI is InChI=1S/C21H22N3O/c1-3-17-15(2)23(14-13-16-9-5-4-6-10-16)21-22-18-11-7-8-12-19(18)24(21)20(17)25/h4-12,19H,3,13-14H2,1-2H3/q+1. The zero-order valence-electron chi connectivity index (χ0n) is 14.6. The van der Waals surface area contributed by atoms with Crippen LogP contribution in [0.25, 0.3) is 0 Å². The van der Waals surface area contributed by atoms with E-state index in [2.05, 4.69) is 28.8 Å². The summed E-state index contributed by atoms with van der Waals surface area (Å²) in [6, 6.07) is 10.4. The Balaban J connectivity index is 1.82. The summed E-state index contributed by atoms with van der Waals surface area (Å²) in [6.45, 7) is 4.90. The van der Waals surface area contributed by atoms with Gasteiger partial charge in [0, 0.05) is 6.42 Å². The van der Waals surface area contributed by atoms with E-state index in [1.165, 1.54) is 5.56 Å². The topological polar surface area (TPSA) is 38.2 Å². The van der Waals surface area contributed by atoms with Crippen molar-refractivity contribution in [1.82, 2.24) is 4.57 Å². The largest absolute Gasteiger partial charge is 0.403 e. The lowest BCUT2D eigenvalue weighted by molar-refractivity contribution is -0.693. The molecule has 4 nitrogen and oxygen atoms in total. The summed E-state index contributed by atoms with van der Waals surface area (Å²) < 4.78 is 4.06. The molecular weight excluding hydrogens is 310 g/mol. The first-order valence-corrected chi connectivity index (χ1v) is 8.86. The van der Waals surface area contributed by atoms with Crippen molar-refractivity contribution in [1.29, 1.82) is 0 Å². The highest BCUT2D eigenvalue weighted by Crippen LogP contribution is 2.27. The molecule has 0 N–H and O–H groups in total. The molecule has 1 aliphatic carbocycles. The van der Waals surface area contributed by atoms with Crippen molar-refractivity contribution in [2.75, 3.05) is 0 Å². The third-order valence-corrected chi connectivity index (χ3v) is 5.08. The maximum Gasteiger partial charge on any atom is 0.403 e. The predicted octanol–water partition coefficient (Wildman–Crippen LogP) is 3.00. The van der Waals surface area contributed by atoms with Crippen LogP contribution in [0.15, 0.2) is 64.4 Å². The van der Waals surface area contributed by atoms with E-state index in [-0.39, 0.29) is 11.6 Å². The molecule has 1 aromatic heterocycles. The maximum atomic E-state index is 13.0. The molecule has 2 aliphatic rings. The Hall–Kier alpha value is -2.75. The van der Waals surface area contributed by atoms with Gasteiger partial charge in [-0.2, -0.15) is 4.57 Å². The number of hydrogen-bond donors (Lipinski definition) is 0. The summed E-state index contributed by atoms with van der Waals surface area (Å²) in [5.74, 6) is 0.770. The first kappa shape index (κ1) is 15.8. The summed E-state index contributed by atoms with van der Waals surface area (Å²) >= 11 is 0. The third-order valence-electron chi connectivity index (χ3n) is 5.08. The van der Waals surface area contributed by atoms with Crippen LogP contribution in [0.1, 0.15) is 29.8 Å². The first-order chi connectivity index (χ1) is 12.2. The lowest BCUT2D eigenvalue weighted by Crippen LogP contribution is -2.46.